The highest BCUT2D eigenvalue weighted by atomic mass is 127. The maximum absolute atomic E-state index is 5.46. The van der Waals surface area contributed by atoms with E-state index in [1.807, 2.05) is 18.2 Å². The summed E-state index contributed by atoms with van der Waals surface area (Å²) in [6.45, 7) is 4.27. The number of aromatic amines is 1. The van der Waals surface area contributed by atoms with Gasteiger partial charge in [0.1, 0.15) is 11.5 Å². The number of nitrogens with zero attached hydrogens (tertiary/aromatic N) is 1. The van der Waals surface area contributed by atoms with E-state index in [1.165, 1.54) is 16.5 Å². The number of aliphatic imine (C=N–C) groups is 1. The number of rotatable bonds is 9. The molecule has 0 amide bonds. The van der Waals surface area contributed by atoms with Crippen molar-refractivity contribution in [1.29, 1.82) is 0 Å². The van der Waals surface area contributed by atoms with Crippen LogP contribution in [0.15, 0.2) is 53.7 Å². The van der Waals surface area contributed by atoms with Crippen LogP contribution in [0, 0.1) is 0 Å². The summed E-state index contributed by atoms with van der Waals surface area (Å²) in [6, 6.07) is 14.2. The Morgan fingerprint density at radius 1 is 1.03 bits per heavy atom. The first kappa shape index (κ1) is 23.9. The van der Waals surface area contributed by atoms with Gasteiger partial charge in [-0.05, 0) is 43.5 Å². The maximum atomic E-state index is 5.46. The zero-order valence-corrected chi connectivity index (χ0v) is 20.2. The van der Waals surface area contributed by atoms with E-state index in [4.69, 9.17) is 14.5 Å². The van der Waals surface area contributed by atoms with Crippen LogP contribution in [0.5, 0.6) is 11.5 Å². The van der Waals surface area contributed by atoms with Crippen molar-refractivity contribution in [3.63, 3.8) is 0 Å². The van der Waals surface area contributed by atoms with Crippen LogP contribution < -0.4 is 20.1 Å². The third-order valence-electron chi connectivity index (χ3n) is 4.84. The first-order valence-corrected chi connectivity index (χ1v) is 10.0. The second kappa shape index (κ2) is 12.3. The van der Waals surface area contributed by atoms with Crippen LogP contribution in [0.1, 0.15) is 24.5 Å². The number of hydrogen-bond acceptors (Lipinski definition) is 3. The second-order valence-electron chi connectivity index (χ2n) is 6.76. The van der Waals surface area contributed by atoms with Crippen LogP contribution in [0.4, 0.5) is 0 Å². The molecule has 0 saturated heterocycles. The highest BCUT2D eigenvalue weighted by molar-refractivity contribution is 14.0. The number of H-pyrrole nitrogens is 1. The van der Waals surface area contributed by atoms with Crippen LogP contribution in [0.25, 0.3) is 10.9 Å². The van der Waals surface area contributed by atoms with Gasteiger partial charge in [0.25, 0.3) is 0 Å². The Morgan fingerprint density at radius 2 is 1.87 bits per heavy atom. The summed E-state index contributed by atoms with van der Waals surface area (Å²) in [6.07, 6.45) is 4.15. The molecule has 0 aliphatic carbocycles. The predicted octanol–water partition coefficient (Wildman–Crippen LogP) is 4.49. The van der Waals surface area contributed by atoms with Gasteiger partial charge < -0.3 is 25.1 Å². The van der Waals surface area contributed by atoms with E-state index in [0.717, 1.165) is 49.0 Å². The summed E-state index contributed by atoms with van der Waals surface area (Å²) >= 11 is 0. The quantitative estimate of drug-likeness (QED) is 0.168. The lowest BCUT2D eigenvalue weighted by atomic mass is 10.1. The van der Waals surface area contributed by atoms with Gasteiger partial charge in [0, 0.05) is 41.8 Å². The minimum absolute atomic E-state index is 0. The van der Waals surface area contributed by atoms with E-state index in [9.17, 15) is 0 Å². The van der Waals surface area contributed by atoms with E-state index in [2.05, 4.69) is 53.0 Å². The summed E-state index contributed by atoms with van der Waals surface area (Å²) in [5, 5.41) is 8.03. The Balaban J connectivity index is 0.00000320. The summed E-state index contributed by atoms with van der Waals surface area (Å²) < 4.78 is 10.7. The lowest BCUT2D eigenvalue weighted by Gasteiger charge is -2.12. The largest absolute Gasteiger partial charge is 0.497 e. The van der Waals surface area contributed by atoms with Gasteiger partial charge in [-0.15, -0.1) is 24.0 Å². The van der Waals surface area contributed by atoms with Gasteiger partial charge in [-0.3, -0.25) is 0 Å². The van der Waals surface area contributed by atoms with E-state index in [0.29, 0.717) is 6.54 Å². The molecule has 0 atom stereocenters. The Morgan fingerprint density at radius 3 is 2.63 bits per heavy atom. The third-order valence-corrected chi connectivity index (χ3v) is 4.84. The van der Waals surface area contributed by atoms with E-state index in [1.54, 1.807) is 14.2 Å². The molecule has 7 heteroatoms. The molecular formula is C23H31IN4O2. The predicted molar refractivity (Wildman–Crippen MR) is 134 cm³/mol. The summed E-state index contributed by atoms with van der Waals surface area (Å²) in [4.78, 5) is 8.04. The first-order chi connectivity index (χ1) is 14.2. The van der Waals surface area contributed by atoms with E-state index < -0.39 is 0 Å². The number of para-hydroxylation sites is 1. The average Bonchev–Trinajstić information content (AvgIpc) is 3.18. The van der Waals surface area contributed by atoms with Crippen molar-refractivity contribution in [2.45, 2.75) is 26.3 Å². The van der Waals surface area contributed by atoms with Gasteiger partial charge in [0.05, 0.1) is 20.8 Å². The molecular weight excluding hydrogens is 491 g/mol. The van der Waals surface area contributed by atoms with Crippen LogP contribution in [-0.2, 0) is 13.0 Å². The standard InChI is InChI=1S/C23H30N4O2.HI/c1-4-24-23(27-16-18-11-12-19(28-2)14-22(18)29-3)25-13-7-8-17-15-26-21-10-6-5-9-20(17)21;/h5-6,9-12,14-15,26H,4,7-8,13,16H2,1-3H3,(H2,24,25,27);1H. The lowest BCUT2D eigenvalue weighted by Crippen LogP contribution is -2.37. The number of fused-ring (bicyclic) bond motifs is 1. The van der Waals surface area contributed by atoms with Gasteiger partial charge in [0.2, 0.25) is 0 Å². The summed E-state index contributed by atoms with van der Waals surface area (Å²) in [7, 11) is 3.31. The normalized spacial score (nSPS) is 11.1. The Kier molecular flexibility index (Phi) is 9.79. The number of aryl methyl sites for hydroxylation is 1. The molecule has 0 saturated carbocycles. The topological polar surface area (TPSA) is 70.7 Å². The molecule has 30 heavy (non-hydrogen) atoms. The van der Waals surface area contributed by atoms with Crippen molar-refractivity contribution in [2.75, 3.05) is 27.3 Å². The number of benzene rings is 2. The fourth-order valence-electron chi connectivity index (χ4n) is 3.31. The molecule has 1 aromatic heterocycles. The molecule has 0 aliphatic rings. The smallest absolute Gasteiger partial charge is 0.191 e. The molecule has 162 valence electrons. The minimum Gasteiger partial charge on any atom is -0.497 e. The molecule has 2 aromatic carbocycles. The number of nitrogens with one attached hydrogen (secondary N) is 3. The number of methoxy groups -OCH3 is 2. The highest BCUT2D eigenvalue weighted by Crippen LogP contribution is 2.25. The van der Waals surface area contributed by atoms with Crippen LogP contribution in [-0.4, -0.2) is 38.3 Å². The highest BCUT2D eigenvalue weighted by Gasteiger charge is 2.06. The second-order valence-corrected chi connectivity index (χ2v) is 6.76. The fraction of sp³-hybridized carbons (Fsp3) is 0.348. The van der Waals surface area contributed by atoms with Crippen molar-refractivity contribution < 1.29 is 9.47 Å². The molecule has 0 spiro atoms. The van der Waals surface area contributed by atoms with E-state index >= 15 is 0 Å². The molecule has 0 radical (unpaired) electrons. The average molecular weight is 522 g/mol. The Labute approximate surface area is 195 Å². The van der Waals surface area contributed by atoms with Crippen molar-refractivity contribution in [3.05, 3.63) is 59.8 Å². The van der Waals surface area contributed by atoms with Crippen molar-refractivity contribution in [2.24, 2.45) is 4.99 Å². The number of halogens is 1. The molecule has 0 unspecified atom stereocenters. The zero-order valence-electron chi connectivity index (χ0n) is 17.8. The SMILES string of the molecule is CCNC(=NCc1ccc(OC)cc1OC)NCCCc1c[nH]c2ccccc12.I. The molecule has 3 N–H and O–H groups in total. The number of guanidine groups is 1. The number of aromatic nitrogens is 1. The molecule has 1 heterocycles. The van der Waals surface area contributed by atoms with Gasteiger partial charge in [-0.25, -0.2) is 4.99 Å². The zero-order chi connectivity index (χ0) is 20.5. The Bertz CT molecular complexity index is 955. The third kappa shape index (κ3) is 6.29. The minimum atomic E-state index is 0. The van der Waals surface area contributed by atoms with Gasteiger partial charge in [0.15, 0.2) is 5.96 Å². The maximum Gasteiger partial charge on any atom is 0.191 e. The van der Waals surface area contributed by atoms with Crippen molar-refractivity contribution in [3.8, 4) is 11.5 Å². The van der Waals surface area contributed by atoms with Gasteiger partial charge in [-0.2, -0.15) is 0 Å². The fourth-order valence-corrected chi connectivity index (χ4v) is 3.31. The molecule has 6 nitrogen and oxygen atoms in total. The van der Waals surface area contributed by atoms with Crippen molar-refractivity contribution >= 4 is 40.8 Å². The Hall–Kier alpha value is -2.42. The number of ether oxygens (including phenoxy) is 2. The summed E-state index contributed by atoms with van der Waals surface area (Å²) in [5.74, 6) is 2.37. The molecule has 3 rings (SSSR count). The van der Waals surface area contributed by atoms with Crippen LogP contribution >= 0.6 is 24.0 Å². The lowest BCUT2D eigenvalue weighted by molar-refractivity contribution is 0.391. The monoisotopic (exact) mass is 522 g/mol. The molecule has 3 aromatic rings. The van der Waals surface area contributed by atoms with Gasteiger partial charge >= 0.3 is 0 Å². The molecule has 0 fully saturated rings. The molecule has 0 bridgehead atoms. The van der Waals surface area contributed by atoms with Crippen LogP contribution in [0.3, 0.4) is 0 Å². The summed E-state index contributed by atoms with van der Waals surface area (Å²) in [5.41, 5.74) is 3.57. The van der Waals surface area contributed by atoms with Gasteiger partial charge in [-0.1, -0.05) is 18.2 Å². The van der Waals surface area contributed by atoms with E-state index in [-0.39, 0.29) is 24.0 Å². The van der Waals surface area contributed by atoms with Crippen LogP contribution in [0.2, 0.25) is 0 Å². The molecule has 0 aliphatic heterocycles. The van der Waals surface area contributed by atoms with Crippen molar-refractivity contribution in [1.82, 2.24) is 15.6 Å². The first-order valence-electron chi connectivity index (χ1n) is 10.0. The number of hydrogen-bond donors (Lipinski definition) is 3.